The summed E-state index contributed by atoms with van der Waals surface area (Å²) in [5, 5.41) is 0. The molecule has 0 unspecified atom stereocenters. The van der Waals surface area contributed by atoms with Crippen LogP contribution in [0.4, 0.5) is 0 Å². The number of hydrogen-bond acceptors (Lipinski definition) is 1. The highest BCUT2D eigenvalue weighted by atomic mass is 14.6. The van der Waals surface area contributed by atoms with Crippen molar-refractivity contribution in [2.45, 2.75) is 0 Å². The number of pyridine rings is 1. The van der Waals surface area contributed by atoms with Crippen LogP contribution in [0, 0.1) is 0 Å². The summed E-state index contributed by atoms with van der Waals surface area (Å²) in [4.78, 5) is 4.29. The normalized spacial score (nSPS) is 11.0. The Kier molecular flexibility index (Phi) is 3.87. The van der Waals surface area contributed by atoms with Gasteiger partial charge in [-0.1, -0.05) is 61.7 Å². The van der Waals surface area contributed by atoms with Gasteiger partial charge in [0.25, 0.3) is 0 Å². The van der Waals surface area contributed by atoms with Gasteiger partial charge in [-0.05, 0) is 17.2 Å². The van der Waals surface area contributed by atoms with Crippen molar-refractivity contribution >= 4 is 5.57 Å². The number of benzene rings is 1. The predicted octanol–water partition coefficient (Wildman–Crippen LogP) is 4.50. The number of rotatable bonds is 4. The zero-order chi connectivity index (χ0) is 12.8. The van der Waals surface area contributed by atoms with E-state index in [1.165, 1.54) is 0 Å². The Labute approximate surface area is 108 Å². The van der Waals surface area contributed by atoms with Gasteiger partial charge in [-0.15, -0.1) is 0 Å². The molecule has 0 saturated heterocycles. The second kappa shape index (κ2) is 5.78. The second-order valence-electron chi connectivity index (χ2n) is 3.89. The molecule has 2 aromatic rings. The van der Waals surface area contributed by atoms with Crippen LogP contribution in [0.2, 0.25) is 0 Å². The Morgan fingerprint density at radius 2 is 1.78 bits per heavy atom. The number of hydrogen-bond donors (Lipinski definition) is 0. The maximum Gasteiger partial charge on any atom is 0.0346 e. The average Bonchev–Trinajstić information content (AvgIpc) is 2.46. The third-order valence-electron chi connectivity index (χ3n) is 2.70. The van der Waals surface area contributed by atoms with Gasteiger partial charge in [0.15, 0.2) is 0 Å². The highest BCUT2D eigenvalue weighted by molar-refractivity contribution is 5.77. The summed E-state index contributed by atoms with van der Waals surface area (Å²) in [6.45, 7) is 7.52. The van der Waals surface area contributed by atoms with Gasteiger partial charge in [0.05, 0.1) is 0 Å². The minimum Gasteiger partial charge on any atom is -0.263 e. The molecule has 0 amide bonds. The first-order chi connectivity index (χ1) is 8.85. The van der Waals surface area contributed by atoms with E-state index in [2.05, 4.69) is 36.3 Å². The summed E-state index contributed by atoms with van der Waals surface area (Å²) in [7, 11) is 0. The van der Waals surface area contributed by atoms with Crippen molar-refractivity contribution in [3.05, 3.63) is 85.7 Å². The van der Waals surface area contributed by atoms with E-state index in [0.29, 0.717) is 0 Å². The predicted molar refractivity (Wildman–Crippen MR) is 78.0 cm³/mol. The number of aromatic nitrogens is 1. The largest absolute Gasteiger partial charge is 0.263 e. The van der Waals surface area contributed by atoms with E-state index < -0.39 is 0 Å². The summed E-state index contributed by atoms with van der Waals surface area (Å²) < 4.78 is 0. The maximum absolute atomic E-state index is 4.29. The second-order valence-corrected chi connectivity index (χ2v) is 3.89. The van der Waals surface area contributed by atoms with Crippen LogP contribution in [0.25, 0.3) is 16.7 Å². The van der Waals surface area contributed by atoms with Crippen molar-refractivity contribution in [1.29, 1.82) is 0 Å². The molecule has 0 saturated carbocycles. The molecule has 1 nitrogen and oxygen atoms in total. The van der Waals surface area contributed by atoms with E-state index >= 15 is 0 Å². The van der Waals surface area contributed by atoms with Gasteiger partial charge in [-0.2, -0.15) is 0 Å². The zero-order valence-electron chi connectivity index (χ0n) is 10.2. The molecule has 1 heterocycles. The first-order valence-electron chi connectivity index (χ1n) is 5.81. The topological polar surface area (TPSA) is 12.9 Å². The molecule has 1 aromatic heterocycles. The fourth-order valence-corrected chi connectivity index (χ4v) is 1.80. The average molecular weight is 233 g/mol. The summed E-state index contributed by atoms with van der Waals surface area (Å²) in [6, 6.07) is 12.3. The molecule has 0 aliphatic rings. The molecule has 0 bridgehead atoms. The number of allylic oxidation sites excluding steroid dienone is 4. The molecule has 0 N–H and O–H groups in total. The molecule has 2 rings (SSSR count). The Morgan fingerprint density at radius 3 is 2.44 bits per heavy atom. The van der Waals surface area contributed by atoms with Crippen LogP contribution in [0.5, 0.6) is 0 Å². The third kappa shape index (κ3) is 2.64. The molecule has 0 fully saturated rings. The minimum atomic E-state index is 1.02. The van der Waals surface area contributed by atoms with Gasteiger partial charge < -0.3 is 0 Å². The lowest BCUT2D eigenvalue weighted by molar-refractivity contribution is 1.31. The smallest absolute Gasteiger partial charge is 0.0346 e. The van der Waals surface area contributed by atoms with Crippen LogP contribution >= 0.6 is 0 Å². The highest BCUT2D eigenvalue weighted by Crippen LogP contribution is 2.22. The number of nitrogens with zero attached hydrogens (tertiary/aromatic N) is 1. The first-order valence-corrected chi connectivity index (χ1v) is 5.81. The van der Waals surface area contributed by atoms with Crippen molar-refractivity contribution in [3.8, 4) is 11.1 Å². The summed E-state index contributed by atoms with van der Waals surface area (Å²) in [5.74, 6) is 0. The fraction of sp³-hybridized carbons (Fsp3) is 0. The van der Waals surface area contributed by atoms with Gasteiger partial charge in [0.1, 0.15) is 0 Å². The minimum absolute atomic E-state index is 1.02. The summed E-state index contributed by atoms with van der Waals surface area (Å²) in [5.41, 5.74) is 4.33. The van der Waals surface area contributed by atoms with Crippen molar-refractivity contribution in [2.75, 3.05) is 0 Å². The van der Waals surface area contributed by atoms with Gasteiger partial charge in [-0.3, -0.25) is 4.98 Å². The molecule has 0 atom stereocenters. The molecule has 0 radical (unpaired) electrons. The standard InChI is InChI=1S/C17H15N/c1-3-8-14(4-2)16-11-17(13-18-12-16)15-9-6-5-7-10-15/h3-13H,1-2H2/b14-8+. The Balaban J connectivity index is 2.45. The van der Waals surface area contributed by atoms with Crippen LogP contribution in [0.15, 0.2) is 80.2 Å². The van der Waals surface area contributed by atoms with Crippen LogP contribution in [0.1, 0.15) is 5.56 Å². The van der Waals surface area contributed by atoms with Gasteiger partial charge in [0, 0.05) is 23.5 Å². The lowest BCUT2D eigenvalue weighted by Crippen LogP contribution is -1.86. The Bertz CT molecular complexity index is 580. The molecular weight excluding hydrogens is 218 g/mol. The lowest BCUT2D eigenvalue weighted by atomic mass is 10.0. The Hall–Kier alpha value is -2.41. The van der Waals surface area contributed by atoms with Gasteiger partial charge >= 0.3 is 0 Å². The first kappa shape index (κ1) is 12.1. The van der Waals surface area contributed by atoms with Crippen LogP contribution in [-0.2, 0) is 0 Å². The lowest BCUT2D eigenvalue weighted by Gasteiger charge is -2.05. The van der Waals surface area contributed by atoms with E-state index in [1.54, 1.807) is 6.08 Å². The molecular formula is C17H15N. The molecule has 88 valence electrons. The van der Waals surface area contributed by atoms with Crippen molar-refractivity contribution < 1.29 is 0 Å². The van der Waals surface area contributed by atoms with Crippen LogP contribution in [-0.4, -0.2) is 4.98 Å². The molecule has 0 aliphatic heterocycles. The molecule has 18 heavy (non-hydrogen) atoms. The van der Waals surface area contributed by atoms with E-state index in [-0.39, 0.29) is 0 Å². The van der Waals surface area contributed by atoms with Gasteiger partial charge in [0.2, 0.25) is 0 Å². The van der Waals surface area contributed by atoms with Crippen LogP contribution in [0.3, 0.4) is 0 Å². The van der Waals surface area contributed by atoms with Crippen molar-refractivity contribution in [2.24, 2.45) is 0 Å². The Morgan fingerprint density at radius 1 is 1.00 bits per heavy atom. The molecule has 1 heteroatoms. The van der Waals surface area contributed by atoms with E-state index in [9.17, 15) is 0 Å². The summed E-state index contributed by atoms with van der Waals surface area (Å²) >= 11 is 0. The molecule has 0 aliphatic carbocycles. The molecule has 1 aromatic carbocycles. The SMILES string of the molecule is C=C/C=C(\C=C)c1cncc(-c2ccccc2)c1. The van der Waals surface area contributed by atoms with Crippen LogP contribution < -0.4 is 0 Å². The maximum atomic E-state index is 4.29. The van der Waals surface area contributed by atoms with Crippen molar-refractivity contribution in [3.63, 3.8) is 0 Å². The van der Waals surface area contributed by atoms with E-state index in [4.69, 9.17) is 0 Å². The van der Waals surface area contributed by atoms with Gasteiger partial charge in [-0.25, -0.2) is 0 Å². The van der Waals surface area contributed by atoms with E-state index in [0.717, 1.165) is 22.3 Å². The quantitative estimate of drug-likeness (QED) is 0.708. The molecule has 0 spiro atoms. The zero-order valence-corrected chi connectivity index (χ0v) is 10.2. The monoisotopic (exact) mass is 233 g/mol. The fourth-order valence-electron chi connectivity index (χ4n) is 1.80. The highest BCUT2D eigenvalue weighted by Gasteiger charge is 2.01. The summed E-state index contributed by atoms with van der Waals surface area (Å²) in [6.07, 6.45) is 9.20. The van der Waals surface area contributed by atoms with E-state index in [1.807, 2.05) is 42.7 Å². The third-order valence-corrected chi connectivity index (χ3v) is 2.70. The van der Waals surface area contributed by atoms with Crippen molar-refractivity contribution in [1.82, 2.24) is 4.98 Å².